The summed E-state index contributed by atoms with van der Waals surface area (Å²) < 4.78 is 8.03. The predicted molar refractivity (Wildman–Crippen MR) is 133 cm³/mol. The van der Waals surface area contributed by atoms with Gasteiger partial charge in [-0.25, -0.2) is 4.98 Å². The Morgan fingerprint density at radius 3 is 2.85 bits per heavy atom. The van der Waals surface area contributed by atoms with Gasteiger partial charge in [0.1, 0.15) is 16.0 Å². The fourth-order valence-corrected chi connectivity index (χ4v) is 5.59. The lowest BCUT2D eigenvalue weighted by Gasteiger charge is -2.15. The van der Waals surface area contributed by atoms with Gasteiger partial charge in [-0.05, 0) is 44.1 Å². The number of ether oxygens (including phenoxy) is 1. The van der Waals surface area contributed by atoms with Crippen LogP contribution in [-0.2, 0) is 4.74 Å². The number of aromatic nitrogens is 2. The molecule has 0 unspecified atom stereocenters. The molecule has 4 heterocycles. The van der Waals surface area contributed by atoms with E-state index >= 15 is 0 Å². The van der Waals surface area contributed by atoms with Crippen molar-refractivity contribution < 1.29 is 9.53 Å². The van der Waals surface area contributed by atoms with Gasteiger partial charge in [-0.1, -0.05) is 12.1 Å². The molecule has 172 valence electrons. The molecular weight excluding hydrogens is 438 g/mol. The third-order valence-electron chi connectivity index (χ3n) is 6.05. The van der Waals surface area contributed by atoms with Crippen LogP contribution in [0.25, 0.3) is 26.1 Å². The number of amides is 1. The molecule has 33 heavy (non-hydrogen) atoms. The summed E-state index contributed by atoms with van der Waals surface area (Å²) in [7, 11) is 1.64. The molecule has 1 aromatic carbocycles. The van der Waals surface area contributed by atoms with E-state index in [1.807, 2.05) is 28.7 Å². The molecule has 5 rings (SSSR count). The summed E-state index contributed by atoms with van der Waals surface area (Å²) in [6.07, 6.45) is 4.12. The summed E-state index contributed by atoms with van der Waals surface area (Å²) in [5, 5.41) is 6.62. The highest BCUT2D eigenvalue weighted by molar-refractivity contribution is 7.24. The predicted octanol–water partition coefficient (Wildman–Crippen LogP) is 2.95. The maximum absolute atomic E-state index is 13.6. The van der Waals surface area contributed by atoms with E-state index in [2.05, 4.69) is 20.5 Å². The number of thiazole rings is 1. The standard InChI is InChI=1S/C24H27N5O3S/c1-32-13-9-25-16-14-17-21(30)20(23(31)26-8-12-28-10-4-5-11-28)24-29(22(17)27-15-16)18-6-2-3-7-19(18)33-24/h2-3,6-7,14-15,25H,4-5,8-13H2,1H3,(H,26,31). The number of hydrogen-bond acceptors (Lipinski definition) is 7. The van der Waals surface area contributed by atoms with Crippen LogP contribution in [0.3, 0.4) is 0 Å². The molecule has 1 fully saturated rings. The first-order valence-electron chi connectivity index (χ1n) is 11.3. The monoisotopic (exact) mass is 465 g/mol. The molecule has 3 aromatic heterocycles. The van der Waals surface area contributed by atoms with Gasteiger partial charge in [-0.2, -0.15) is 0 Å². The molecule has 0 radical (unpaired) electrons. The average molecular weight is 466 g/mol. The first-order chi connectivity index (χ1) is 16.2. The fraction of sp³-hybridized carbons (Fsp3) is 0.375. The van der Waals surface area contributed by atoms with Gasteiger partial charge in [-0.3, -0.25) is 14.0 Å². The summed E-state index contributed by atoms with van der Waals surface area (Å²) >= 11 is 1.45. The molecule has 1 aliphatic rings. The van der Waals surface area contributed by atoms with E-state index in [1.54, 1.807) is 19.4 Å². The first-order valence-corrected chi connectivity index (χ1v) is 12.1. The molecular formula is C24H27N5O3S. The zero-order valence-electron chi connectivity index (χ0n) is 18.6. The van der Waals surface area contributed by atoms with Crippen LogP contribution in [0, 0.1) is 0 Å². The second kappa shape index (κ2) is 9.46. The Morgan fingerprint density at radius 2 is 2.03 bits per heavy atom. The number of nitrogens with one attached hydrogen (secondary N) is 2. The summed E-state index contributed by atoms with van der Waals surface area (Å²) in [5.41, 5.74) is 2.09. The molecule has 4 aromatic rings. The highest BCUT2D eigenvalue weighted by Crippen LogP contribution is 2.31. The molecule has 1 amide bonds. The molecule has 2 N–H and O–H groups in total. The third kappa shape index (κ3) is 4.19. The third-order valence-corrected chi connectivity index (χ3v) is 7.20. The molecule has 9 heteroatoms. The minimum absolute atomic E-state index is 0.181. The number of fused-ring (bicyclic) bond motifs is 5. The van der Waals surface area contributed by atoms with E-state index in [-0.39, 0.29) is 16.9 Å². The highest BCUT2D eigenvalue weighted by atomic mass is 32.1. The number of anilines is 1. The molecule has 0 spiro atoms. The smallest absolute Gasteiger partial charge is 0.258 e. The van der Waals surface area contributed by atoms with Crippen molar-refractivity contribution in [2.45, 2.75) is 12.8 Å². The van der Waals surface area contributed by atoms with Gasteiger partial charge in [0.2, 0.25) is 5.43 Å². The van der Waals surface area contributed by atoms with Crippen molar-refractivity contribution in [2.75, 3.05) is 51.8 Å². The minimum Gasteiger partial charge on any atom is -0.383 e. The van der Waals surface area contributed by atoms with E-state index in [4.69, 9.17) is 4.74 Å². The Bertz CT molecular complexity index is 1370. The molecule has 1 saturated heterocycles. The summed E-state index contributed by atoms with van der Waals surface area (Å²) in [6.45, 7) is 4.59. The lowest BCUT2D eigenvalue weighted by Crippen LogP contribution is -2.35. The molecule has 0 bridgehead atoms. The van der Waals surface area contributed by atoms with Gasteiger partial charge in [0.05, 0.1) is 34.1 Å². The normalized spacial score (nSPS) is 14.5. The number of benzene rings is 1. The molecule has 1 aliphatic heterocycles. The number of carbonyl (C=O) groups is 1. The minimum atomic E-state index is -0.331. The topological polar surface area (TPSA) is 88.0 Å². The lowest BCUT2D eigenvalue weighted by molar-refractivity contribution is 0.0950. The summed E-state index contributed by atoms with van der Waals surface area (Å²) in [6, 6.07) is 9.68. The Morgan fingerprint density at radius 1 is 1.21 bits per heavy atom. The van der Waals surface area contributed by atoms with E-state index in [1.165, 1.54) is 24.2 Å². The Kier molecular flexibility index (Phi) is 6.26. The Balaban J connectivity index is 1.60. The number of pyridine rings is 2. The molecule has 0 saturated carbocycles. The molecule has 0 atom stereocenters. The van der Waals surface area contributed by atoms with Crippen LogP contribution in [0.5, 0.6) is 0 Å². The van der Waals surface area contributed by atoms with Gasteiger partial charge in [0, 0.05) is 26.7 Å². The number of carbonyl (C=O) groups excluding carboxylic acids is 1. The van der Waals surface area contributed by atoms with Crippen molar-refractivity contribution >= 4 is 49.0 Å². The fourth-order valence-electron chi connectivity index (χ4n) is 4.41. The zero-order chi connectivity index (χ0) is 22.8. The molecule has 0 aliphatic carbocycles. The number of hydrogen-bond donors (Lipinski definition) is 2. The van der Waals surface area contributed by atoms with Gasteiger partial charge >= 0.3 is 0 Å². The Hall–Kier alpha value is -3.01. The maximum Gasteiger partial charge on any atom is 0.258 e. The number of para-hydroxylation sites is 1. The molecule has 8 nitrogen and oxygen atoms in total. The van der Waals surface area contributed by atoms with Crippen LogP contribution in [0.1, 0.15) is 23.2 Å². The first kappa shape index (κ1) is 21.8. The highest BCUT2D eigenvalue weighted by Gasteiger charge is 2.23. The van der Waals surface area contributed by atoms with Crippen molar-refractivity contribution in [1.82, 2.24) is 19.6 Å². The number of likely N-dealkylation sites (tertiary alicyclic amines) is 1. The van der Waals surface area contributed by atoms with Crippen LogP contribution in [0.15, 0.2) is 41.3 Å². The van der Waals surface area contributed by atoms with E-state index in [0.29, 0.717) is 35.6 Å². The van der Waals surface area contributed by atoms with E-state index in [0.717, 1.165) is 35.5 Å². The van der Waals surface area contributed by atoms with Gasteiger partial charge < -0.3 is 20.3 Å². The van der Waals surface area contributed by atoms with Crippen molar-refractivity contribution in [1.29, 1.82) is 0 Å². The quantitative estimate of drug-likeness (QED) is 0.389. The zero-order valence-corrected chi connectivity index (χ0v) is 19.4. The number of methoxy groups -OCH3 is 1. The SMILES string of the molecule is COCCNc1cnc2c(c1)c(=O)c(C(=O)NCCN1CCCC1)c1sc3ccccc3n12. The largest absolute Gasteiger partial charge is 0.383 e. The van der Waals surface area contributed by atoms with Crippen LogP contribution in [0.4, 0.5) is 5.69 Å². The average Bonchev–Trinajstić information content (AvgIpc) is 3.47. The van der Waals surface area contributed by atoms with Crippen molar-refractivity contribution in [2.24, 2.45) is 0 Å². The summed E-state index contributed by atoms with van der Waals surface area (Å²) in [5.74, 6) is -0.331. The van der Waals surface area contributed by atoms with Gasteiger partial charge in [0.25, 0.3) is 5.91 Å². The van der Waals surface area contributed by atoms with Crippen molar-refractivity contribution in [3.05, 3.63) is 52.3 Å². The lowest BCUT2D eigenvalue weighted by atomic mass is 10.1. The van der Waals surface area contributed by atoms with Gasteiger partial charge in [-0.15, -0.1) is 11.3 Å². The van der Waals surface area contributed by atoms with Crippen molar-refractivity contribution in [3.8, 4) is 0 Å². The second-order valence-electron chi connectivity index (χ2n) is 8.23. The summed E-state index contributed by atoms with van der Waals surface area (Å²) in [4.78, 5) is 34.4. The van der Waals surface area contributed by atoms with E-state index in [9.17, 15) is 9.59 Å². The van der Waals surface area contributed by atoms with E-state index < -0.39 is 0 Å². The maximum atomic E-state index is 13.6. The van der Waals surface area contributed by atoms with Crippen LogP contribution >= 0.6 is 11.3 Å². The Labute approximate surface area is 195 Å². The van der Waals surface area contributed by atoms with Crippen molar-refractivity contribution in [3.63, 3.8) is 0 Å². The van der Waals surface area contributed by atoms with Gasteiger partial charge in [0.15, 0.2) is 0 Å². The number of nitrogens with zero attached hydrogens (tertiary/aromatic N) is 3. The van der Waals surface area contributed by atoms with Crippen LogP contribution in [-0.4, -0.2) is 66.6 Å². The number of rotatable bonds is 8. The van der Waals surface area contributed by atoms with Crippen LogP contribution < -0.4 is 16.1 Å². The van der Waals surface area contributed by atoms with Crippen LogP contribution in [0.2, 0.25) is 0 Å². The second-order valence-corrected chi connectivity index (χ2v) is 9.26.